The predicted octanol–water partition coefficient (Wildman–Crippen LogP) is 2.22. The summed E-state index contributed by atoms with van der Waals surface area (Å²) in [4.78, 5) is 42.4. The first-order valence-electron chi connectivity index (χ1n) is 8.39. The number of halogens is 1. The fourth-order valence-corrected chi connectivity index (χ4v) is 2.71. The van der Waals surface area contributed by atoms with E-state index in [1.807, 2.05) is 0 Å². The van der Waals surface area contributed by atoms with Crippen LogP contribution in [0.3, 0.4) is 0 Å². The van der Waals surface area contributed by atoms with Crippen LogP contribution in [0, 0.1) is 12.7 Å². The van der Waals surface area contributed by atoms with Gasteiger partial charge in [-0.3, -0.25) is 14.8 Å². The van der Waals surface area contributed by atoms with Crippen LogP contribution in [-0.2, 0) is 4.74 Å². The van der Waals surface area contributed by atoms with E-state index < -0.39 is 28.9 Å². The third kappa shape index (κ3) is 3.84. The highest BCUT2D eigenvalue weighted by atomic mass is 19.1. The van der Waals surface area contributed by atoms with E-state index in [9.17, 15) is 23.9 Å². The number of carbonyl (C=O) groups is 1. The number of rotatable bonds is 4. The number of hydrogen-bond donors (Lipinski definition) is 2. The lowest BCUT2D eigenvalue weighted by Gasteiger charge is -2.10. The lowest BCUT2D eigenvalue weighted by atomic mass is 10.1. The minimum atomic E-state index is -0.889. The number of aromatic nitrogens is 2. The van der Waals surface area contributed by atoms with Crippen molar-refractivity contribution in [2.45, 2.75) is 6.92 Å². The molecule has 0 amide bonds. The topological polar surface area (TPSA) is 114 Å². The van der Waals surface area contributed by atoms with Crippen molar-refractivity contribution in [3.05, 3.63) is 85.8 Å². The first kappa shape index (κ1) is 19.7. The molecule has 2 aromatic carbocycles. The second-order valence-electron chi connectivity index (χ2n) is 6.01. The molecule has 0 saturated heterocycles. The maximum absolute atomic E-state index is 13.1. The number of aliphatic imine (C=N–C) groups is 1. The summed E-state index contributed by atoms with van der Waals surface area (Å²) in [6.45, 7) is 1.66. The maximum atomic E-state index is 13.1. The number of carbonyl (C=O) groups excluding carboxylic acids is 1. The van der Waals surface area contributed by atoms with Crippen LogP contribution in [0.15, 0.2) is 57.0 Å². The molecule has 1 aromatic heterocycles. The van der Waals surface area contributed by atoms with Crippen molar-refractivity contribution in [1.29, 1.82) is 0 Å². The van der Waals surface area contributed by atoms with Crippen LogP contribution < -0.4 is 11.2 Å². The first-order chi connectivity index (χ1) is 13.8. The van der Waals surface area contributed by atoms with E-state index in [1.54, 1.807) is 25.1 Å². The standard InChI is InChI=1S/C20H16FN3O5/c1-11-14(19(27)29-2)4-3-5-16(11)22-10-15-17(25)23-20(28)24(18(15)26)13-8-6-12(21)7-9-13/h3-10,26H,1-2H3,(H,23,25,28). The highest BCUT2D eigenvalue weighted by molar-refractivity contribution is 5.93. The van der Waals surface area contributed by atoms with Crippen molar-refractivity contribution < 1.29 is 19.0 Å². The molecular weight excluding hydrogens is 381 g/mol. The average Bonchev–Trinajstić information content (AvgIpc) is 2.69. The van der Waals surface area contributed by atoms with E-state index in [0.717, 1.165) is 22.9 Å². The number of aromatic hydroxyl groups is 1. The molecule has 0 fully saturated rings. The summed E-state index contributed by atoms with van der Waals surface area (Å²) < 4.78 is 18.7. The van der Waals surface area contributed by atoms with Crippen LogP contribution in [0.2, 0.25) is 0 Å². The Kier molecular flexibility index (Phi) is 5.40. The molecule has 0 unspecified atom stereocenters. The Balaban J connectivity index is 2.10. The minimum absolute atomic E-state index is 0.156. The van der Waals surface area contributed by atoms with Crippen molar-refractivity contribution in [3.8, 4) is 11.6 Å². The van der Waals surface area contributed by atoms with Gasteiger partial charge in [-0.05, 0) is 48.9 Å². The van der Waals surface area contributed by atoms with Crippen LogP contribution in [0.1, 0.15) is 21.5 Å². The summed E-state index contributed by atoms with van der Waals surface area (Å²) in [6.07, 6.45) is 1.08. The fourth-order valence-electron chi connectivity index (χ4n) is 2.71. The van der Waals surface area contributed by atoms with Crippen molar-refractivity contribution >= 4 is 17.9 Å². The number of methoxy groups -OCH3 is 1. The van der Waals surface area contributed by atoms with Gasteiger partial charge in [0.25, 0.3) is 5.56 Å². The minimum Gasteiger partial charge on any atom is -0.493 e. The van der Waals surface area contributed by atoms with Crippen LogP contribution >= 0.6 is 0 Å². The van der Waals surface area contributed by atoms with E-state index >= 15 is 0 Å². The van der Waals surface area contributed by atoms with Crippen LogP contribution in [-0.4, -0.2) is 34.0 Å². The molecule has 0 aliphatic carbocycles. The Morgan fingerprint density at radius 2 is 1.90 bits per heavy atom. The highest BCUT2D eigenvalue weighted by Crippen LogP contribution is 2.23. The number of benzene rings is 2. The number of H-pyrrole nitrogens is 1. The van der Waals surface area contributed by atoms with Crippen LogP contribution in [0.5, 0.6) is 5.88 Å². The fraction of sp³-hybridized carbons (Fsp3) is 0.100. The second kappa shape index (κ2) is 7.93. The van der Waals surface area contributed by atoms with Gasteiger partial charge in [0.1, 0.15) is 11.4 Å². The molecule has 148 valence electrons. The molecule has 0 saturated carbocycles. The lowest BCUT2D eigenvalue weighted by Crippen LogP contribution is -2.31. The molecular formula is C20H16FN3O5. The Morgan fingerprint density at radius 1 is 1.21 bits per heavy atom. The van der Waals surface area contributed by atoms with Gasteiger partial charge < -0.3 is 9.84 Å². The summed E-state index contributed by atoms with van der Waals surface area (Å²) in [5.74, 6) is -1.71. The normalized spacial score (nSPS) is 11.0. The summed E-state index contributed by atoms with van der Waals surface area (Å²) in [7, 11) is 1.26. The van der Waals surface area contributed by atoms with Gasteiger partial charge in [0.2, 0.25) is 5.88 Å². The van der Waals surface area contributed by atoms with Gasteiger partial charge in [-0.25, -0.2) is 18.5 Å². The molecule has 0 aliphatic rings. The van der Waals surface area contributed by atoms with E-state index in [0.29, 0.717) is 16.8 Å². The van der Waals surface area contributed by atoms with Crippen molar-refractivity contribution in [1.82, 2.24) is 9.55 Å². The number of ether oxygens (including phenoxy) is 1. The largest absolute Gasteiger partial charge is 0.493 e. The SMILES string of the molecule is COC(=O)c1cccc(N=Cc2c(O)n(-c3ccc(F)cc3)c(=O)[nH]c2=O)c1C. The molecule has 9 heteroatoms. The lowest BCUT2D eigenvalue weighted by molar-refractivity contribution is 0.0600. The van der Waals surface area contributed by atoms with Gasteiger partial charge in [0.05, 0.1) is 24.0 Å². The van der Waals surface area contributed by atoms with E-state index in [2.05, 4.69) is 9.98 Å². The third-order valence-electron chi connectivity index (χ3n) is 4.25. The zero-order valence-corrected chi connectivity index (χ0v) is 15.5. The number of nitrogens with one attached hydrogen (secondary N) is 1. The number of aromatic amines is 1. The Morgan fingerprint density at radius 3 is 2.55 bits per heavy atom. The molecule has 8 nitrogen and oxygen atoms in total. The second-order valence-corrected chi connectivity index (χ2v) is 6.01. The van der Waals surface area contributed by atoms with Gasteiger partial charge in [-0.15, -0.1) is 0 Å². The number of nitrogens with zero attached hydrogens (tertiary/aromatic N) is 2. The molecule has 0 spiro atoms. The van der Waals surface area contributed by atoms with E-state index in [1.165, 1.54) is 19.2 Å². The Labute approximate surface area is 163 Å². The third-order valence-corrected chi connectivity index (χ3v) is 4.25. The van der Waals surface area contributed by atoms with Gasteiger partial charge in [-0.1, -0.05) is 6.07 Å². The summed E-state index contributed by atoms with van der Waals surface area (Å²) in [6, 6.07) is 9.55. The predicted molar refractivity (Wildman–Crippen MR) is 104 cm³/mol. The van der Waals surface area contributed by atoms with Crippen LogP contribution in [0.25, 0.3) is 5.69 Å². The van der Waals surface area contributed by atoms with E-state index in [-0.39, 0.29) is 11.3 Å². The monoisotopic (exact) mass is 397 g/mol. The first-order valence-corrected chi connectivity index (χ1v) is 8.39. The van der Waals surface area contributed by atoms with Crippen LogP contribution in [0.4, 0.5) is 10.1 Å². The Bertz CT molecular complexity index is 1230. The molecule has 2 N–H and O–H groups in total. The number of hydrogen-bond acceptors (Lipinski definition) is 6. The summed E-state index contributed by atoms with van der Waals surface area (Å²) in [5.41, 5.74) is -0.682. The van der Waals surface area contributed by atoms with Gasteiger partial charge in [0, 0.05) is 6.21 Å². The molecule has 3 aromatic rings. The van der Waals surface area contributed by atoms with E-state index in [4.69, 9.17) is 4.74 Å². The molecule has 0 bridgehead atoms. The van der Waals surface area contributed by atoms with Crippen molar-refractivity contribution in [2.75, 3.05) is 7.11 Å². The van der Waals surface area contributed by atoms with Gasteiger partial charge >= 0.3 is 11.7 Å². The Hall–Kier alpha value is -4.01. The van der Waals surface area contributed by atoms with Crippen molar-refractivity contribution in [2.24, 2.45) is 4.99 Å². The number of esters is 1. The quantitative estimate of drug-likeness (QED) is 0.518. The van der Waals surface area contributed by atoms with Gasteiger partial charge in [0.15, 0.2) is 0 Å². The smallest absolute Gasteiger partial charge is 0.338 e. The summed E-state index contributed by atoms with van der Waals surface area (Å²) >= 11 is 0. The highest BCUT2D eigenvalue weighted by Gasteiger charge is 2.15. The zero-order chi connectivity index (χ0) is 21.1. The molecule has 0 atom stereocenters. The average molecular weight is 397 g/mol. The molecule has 29 heavy (non-hydrogen) atoms. The van der Waals surface area contributed by atoms with Crippen molar-refractivity contribution in [3.63, 3.8) is 0 Å². The van der Waals surface area contributed by atoms with Gasteiger partial charge in [-0.2, -0.15) is 0 Å². The molecule has 0 radical (unpaired) electrons. The molecule has 3 rings (SSSR count). The summed E-state index contributed by atoms with van der Waals surface area (Å²) in [5, 5.41) is 10.5. The molecule has 0 aliphatic heterocycles. The molecule has 1 heterocycles. The maximum Gasteiger partial charge on any atom is 0.338 e. The zero-order valence-electron chi connectivity index (χ0n) is 15.5.